The molecule has 0 spiro atoms. The van der Waals surface area contributed by atoms with Crippen LogP contribution in [0, 0.1) is 20.2 Å². The van der Waals surface area contributed by atoms with Crippen LogP contribution >= 0.6 is 0 Å². The molecule has 1 aliphatic rings. The van der Waals surface area contributed by atoms with Crippen LogP contribution in [0.4, 0.5) is 22.7 Å². The average molecular weight is 352 g/mol. The molecule has 2 aromatic carbocycles. The fraction of sp³-hybridized carbons (Fsp3) is 0.0588. The number of rotatable bonds is 5. The van der Waals surface area contributed by atoms with E-state index in [1.807, 2.05) is 0 Å². The molecular formula is C17H12N4O5. The van der Waals surface area contributed by atoms with Crippen molar-refractivity contribution >= 4 is 34.2 Å². The minimum Gasteiger partial charge on any atom is -0.370 e. The number of nitrogens with zero attached hydrogens (tertiary/aromatic N) is 3. The first-order valence-electron chi connectivity index (χ1n) is 7.50. The Balaban J connectivity index is 1.80. The van der Waals surface area contributed by atoms with Gasteiger partial charge in [-0.05, 0) is 36.4 Å². The summed E-state index contributed by atoms with van der Waals surface area (Å²) in [7, 11) is 0. The second-order valence-electron chi connectivity index (χ2n) is 5.43. The number of non-ortho nitro benzene ring substituents is 2. The summed E-state index contributed by atoms with van der Waals surface area (Å²) in [5.41, 5.74) is 1.36. The van der Waals surface area contributed by atoms with E-state index in [4.69, 9.17) is 0 Å². The number of aliphatic imine (C=N–C) groups is 1. The normalized spacial score (nSPS) is 17.5. The van der Waals surface area contributed by atoms with E-state index in [9.17, 15) is 25.0 Å². The standard InChI is InChI=1S/C17H12N4O5/c22-16-10-9-15(18-11-1-5-13(6-2-11)20(23)24)17(16)19-12-3-7-14(8-4-12)21(25)26/h1-10,17,19H/t17-/m1/s1. The molecule has 1 atom stereocenters. The largest absolute Gasteiger partial charge is 0.370 e. The summed E-state index contributed by atoms with van der Waals surface area (Å²) in [5.74, 6) is -0.205. The van der Waals surface area contributed by atoms with Crippen molar-refractivity contribution in [2.75, 3.05) is 5.32 Å². The van der Waals surface area contributed by atoms with Crippen LogP contribution in [-0.4, -0.2) is 27.4 Å². The second kappa shape index (κ2) is 6.93. The molecule has 1 aliphatic carbocycles. The Bertz CT molecular complexity index is 933. The molecule has 1 N–H and O–H groups in total. The van der Waals surface area contributed by atoms with Crippen LogP contribution in [0.2, 0.25) is 0 Å². The molecule has 3 rings (SSSR count). The highest BCUT2D eigenvalue weighted by molar-refractivity contribution is 6.26. The molecule has 130 valence electrons. The summed E-state index contributed by atoms with van der Waals surface area (Å²) < 4.78 is 0. The van der Waals surface area contributed by atoms with Gasteiger partial charge in [0.25, 0.3) is 11.4 Å². The molecule has 0 aromatic heterocycles. The number of nitro benzene ring substituents is 2. The predicted octanol–water partition coefficient (Wildman–Crippen LogP) is 3.20. The molecule has 9 nitrogen and oxygen atoms in total. The van der Waals surface area contributed by atoms with E-state index in [2.05, 4.69) is 10.3 Å². The highest BCUT2D eigenvalue weighted by Crippen LogP contribution is 2.22. The van der Waals surface area contributed by atoms with Crippen molar-refractivity contribution in [2.45, 2.75) is 6.04 Å². The van der Waals surface area contributed by atoms with Gasteiger partial charge in [0.2, 0.25) is 0 Å². The molecule has 0 radical (unpaired) electrons. The molecule has 2 aromatic rings. The topological polar surface area (TPSA) is 128 Å². The SMILES string of the molecule is O=C1C=CC(=Nc2ccc([N+](=O)[O-])cc2)[C@H]1Nc1ccc([N+](=O)[O-])cc1. The molecule has 0 unspecified atom stereocenters. The average Bonchev–Trinajstić information content (AvgIpc) is 2.96. The predicted molar refractivity (Wildman–Crippen MR) is 94.8 cm³/mol. The zero-order valence-corrected chi connectivity index (χ0v) is 13.2. The molecule has 9 heteroatoms. The van der Waals surface area contributed by atoms with Gasteiger partial charge < -0.3 is 5.32 Å². The van der Waals surface area contributed by atoms with E-state index in [0.717, 1.165) is 0 Å². The Morgan fingerprint density at radius 3 is 1.92 bits per heavy atom. The quantitative estimate of drug-likeness (QED) is 0.650. The molecular weight excluding hydrogens is 340 g/mol. The number of anilines is 1. The Morgan fingerprint density at radius 2 is 1.38 bits per heavy atom. The number of carbonyl (C=O) groups excluding carboxylic acids is 1. The van der Waals surface area contributed by atoms with Crippen LogP contribution in [0.25, 0.3) is 0 Å². The van der Waals surface area contributed by atoms with Crippen molar-refractivity contribution in [3.63, 3.8) is 0 Å². The third-order valence-corrected chi connectivity index (χ3v) is 3.71. The maximum Gasteiger partial charge on any atom is 0.269 e. The van der Waals surface area contributed by atoms with Crippen molar-refractivity contribution < 1.29 is 14.6 Å². The van der Waals surface area contributed by atoms with E-state index in [1.54, 1.807) is 6.08 Å². The fourth-order valence-electron chi connectivity index (χ4n) is 2.40. The number of carbonyl (C=O) groups is 1. The second-order valence-corrected chi connectivity index (χ2v) is 5.43. The summed E-state index contributed by atoms with van der Waals surface area (Å²) in [5, 5.41) is 24.4. The summed E-state index contributed by atoms with van der Waals surface area (Å²) in [4.78, 5) is 36.8. The number of nitro groups is 2. The minimum atomic E-state index is -0.730. The highest BCUT2D eigenvalue weighted by Gasteiger charge is 2.26. The smallest absolute Gasteiger partial charge is 0.269 e. The van der Waals surface area contributed by atoms with Crippen molar-refractivity contribution in [3.05, 3.63) is 80.9 Å². The van der Waals surface area contributed by atoms with Crippen molar-refractivity contribution in [1.29, 1.82) is 0 Å². The first-order valence-corrected chi connectivity index (χ1v) is 7.50. The van der Waals surface area contributed by atoms with E-state index in [0.29, 0.717) is 17.1 Å². The molecule has 0 saturated carbocycles. The Kier molecular flexibility index (Phi) is 4.52. The maximum absolute atomic E-state index is 12.1. The summed E-state index contributed by atoms with van der Waals surface area (Å²) in [6.45, 7) is 0. The van der Waals surface area contributed by atoms with Crippen molar-refractivity contribution in [2.24, 2.45) is 4.99 Å². The van der Waals surface area contributed by atoms with Gasteiger partial charge in [0, 0.05) is 30.0 Å². The van der Waals surface area contributed by atoms with Gasteiger partial charge in [-0.2, -0.15) is 0 Å². The number of hydrogen-bond donors (Lipinski definition) is 1. The van der Waals surface area contributed by atoms with Gasteiger partial charge in [0.1, 0.15) is 6.04 Å². The lowest BCUT2D eigenvalue weighted by atomic mass is 10.1. The minimum absolute atomic E-state index is 0.0486. The van der Waals surface area contributed by atoms with Gasteiger partial charge in [-0.1, -0.05) is 0 Å². The Morgan fingerprint density at radius 1 is 0.846 bits per heavy atom. The van der Waals surface area contributed by atoms with Crippen LogP contribution in [0.3, 0.4) is 0 Å². The molecule has 0 aliphatic heterocycles. The number of benzene rings is 2. The summed E-state index contributed by atoms with van der Waals surface area (Å²) in [6.07, 6.45) is 2.94. The van der Waals surface area contributed by atoms with E-state index in [-0.39, 0.29) is 17.2 Å². The van der Waals surface area contributed by atoms with Gasteiger partial charge in [0.15, 0.2) is 5.78 Å². The molecule has 26 heavy (non-hydrogen) atoms. The van der Waals surface area contributed by atoms with E-state index in [1.165, 1.54) is 54.6 Å². The zero-order valence-electron chi connectivity index (χ0n) is 13.2. The Hall–Kier alpha value is -3.88. The zero-order chi connectivity index (χ0) is 18.7. The first kappa shape index (κ1) is 17.0. The van der Waals surface area contributed by atoms with E-state index >= 15 is 0 Å². The van der Waals surface area contributed by atoms with Gasteiger partial charge >= 0.3 is 0 Å². The molecule has 0 heterocycles. The number of ketones is 1. The Labute approximate surface area is 147 Å². The van der Waals surface area contributed by atoms with Crippen LogP contribution in [-0.2, 0) is 4.79 Å². The number of hydrogen-bond acceptors (Lipinski definition) is 7. The van der Waals surface area contributed by atoms with E-state index < -0.39 is 15.9 Å². The van der Waals surface area contributed by atoms with Crippen LogP contribution in [0.5, 0.6) is 0 Å². The lowest BCUT2D eigenvalue weighted by Gasteiger charge is -2.14. The summed E-state index contributed by atoms with van der Waals surface area (Å²) in [6, 6.07) is 10.6. The van der Waals surface area contributed by atoms with Crippen LogP contribution in [0.15, 0.2) is 65.7 Å². The molecule has 0 fully saturated rings. The molecule has 0 saturated heterocycles. The highest BCUT2D eigenvalue weighted by atomic mass is 16.6. The fourth-order valence-corrected chi connectivity index (χ4v) is 2.40. The summed E-state index contributed by atoms with van der Waals surface area (Å²) >= 11 is 0. The van der Waals surface area contributed by atoms with Crippen molar-refractivity contribution in [1.82, 2.24) is 0 Å². The van der Waals surface area contributed by atoms with Crippen LogP contribution < -0.4 is 5.32 Å². The number of nitrogens with one attached hydrogen (secondary N) is 1. The first-order chi connectivity index (χ1) is 12.4. The maximum atomic E-state index is 12.1. The monoisotopic (exact) mass is 352 g/mol. The van der Waals surface area contributed by atoms with Gasteiger partial charge in [0.05, 0.1) is 21.2 Å². The van der Waals surface area contributed by atoms with Crippen LogP contribution in [0.1, 0.15) is 0 Å². The van der Waals surface area contributed by atoms with Crippen molar-refractivity contribution in [3.8, 4) is 0 Å². The lowest BCUT2D eigenvalue weighted by molar-refractivity contribution is -0.385. The van der Waals surface area contributed by atoms with Gasteiger partial charge in [-0.15, -0.1) is 0 Å². The van der Waals surface area contributed by atoms with Gasteiger partial charge in [-0.25, -0.2) is 0 Å². The lowest BCUT2D eigenvalue weighted by Crippen LogP contribution is -2.31. The van der Waals surface area contributed by atoms with Gasteiger partial charge in [-0.3, -0.25) is 30.0 Å². The third kappa shape index (κ3) is 3.61. The third-order valence-electron chi connectivity index (χ3n) is 3.71. The molecule has 0 amide bonds. The molecule has 0 bridgehead atoms.